The van der Waals surface area contributed by atoms with Gasteiger partial charge in [0, 0.05) is 0 Å². The molecule has 0 aliphatic carbocycles. The lowest BCUT2D eigenvalue weighted by molar-refractivity contribution is -0.303. The summed E-state index contributed by atoms with van der Waals surface area (Å²) in [5.74, 6) is -1.25. The molecule has 1 heterocycles. The van der Waals surface area contributed by atoms with E-state index in [2.05, 4.69) is 0 Å². The third kappa shape index (κ3) is 3.16. The Morgan fingerprint density at radius 1 is 1.28 bits per heavy atom. The number of rotatable bonds is 4. The molecule has 0 aromatic rings. The molecule has 0 aromatic heterocycles. The lowest BCUT2D eigenvalue weighted by atomic mass is 10.00. The Hall–Kier alpha value is -0.770. The van der Waals surface area contributed by atoms with Gasteiger partial charge in [-0.15, -0.1) is 0 Å². The Kier molecular flexibility index (Phi) is 5.02. The zero-order valence-electron chi connectivity index (χ0n) is 10.1. The fourth-order valence-electron chi connectivity index (χ4n) is 1.62. The lowest BCUT2D eigenvalue weighted by Crippen LogP contribution is -2.59. The number of hydrogen-bond donors (Lipinski definition) is 5. The van der Waals surface area contributed by atoms with Crippen LogP contribution < -0.4 is 5.73 Å². The molecule has 8 heteroatoms. The summed E-state index contributed by atoms with van der Waals surface area (Å²) in [7, 11) is 0. The van der Waals surface area contributed by atoms with Crippen molar-refractivity contribution in [2.24, 2.45) is 5.73 Å². The van der Waals surface area contributed by atoms with Gasteiger partial charge in [-0.05, 0) is 13.8 Å². The molecule has 0 saturated carbocycles. The Labute approximate surface area is 104 Å². The van der Waals surface area contributed by atoms with Crippen LogP contribution in [-0.2, 0) is 14.3 Å². The molecule has 0 bridgehead atoms. The molecule has 0 amide bonds. The summed E-state index contributed by atoms with van der Waals surface area (Å²) in [6.45, 7) is 2.91. The van der Waals surface area contributed by atoms with Gasteiger partial charge in [0.25, 0.3) is 0 Å². The molecule has 1 aliphatic heterocycles. The summed E-state index contributed by atoms with van der Waals surface area (Å²) in [5, 5.41) is 37.3. The Bertz CT molecular complexity index is 300. The average molecular weight is 265 g/mol. The van der Waals surface area contributed by atoms with Crippen molar-refractivity contribution < 1.29 is 34.7 Å². The molecule has 0 aromatic carbocycles. The Morgan fingerprint density at radius 3 is 2.33 bits per heavy atom. The molecule has 1 unspecified atom stereocenters. The van der Waals surface area contributed by atoms with Crippen LogP contribution in [0.15, 0.2) is 0 Å². The van der Waals surface area contributed by atoms with Crippen LogP contribution in [0, 0.1) is 0 Å². The van der Waals surface area contributed by atoms with Crippen LogP contribution in [0.2, 0.25) is 0 Å². The number of aliphatic hydroxyl groups is 3. The normalized spacial score (nSPS) is 40.2. The zero-order chi connectivity index (χ0) is 14.0. The number of nitrogens with two attached hydrogens (primary N) is 1. The molecule has 1 saturated heterocycles. The van der Waals surface area contributed by atoms with Crippen molar-refractivity contribution in [2.75, 3.05) is 0 Å². The van der Waals surface area contributed by atoms with Crippen LogP contribution in [0.25, 0.3) is 0 Å². The quantitative estimate of drug-likeness (QED) is 0.379. The van der Waals surface area contributed by atoms with Gasteiger partial charge < -0.3 is 35.6 Å². The van der Waals surface area contributed by atoms with Crippen LogP contribution in [0.1, 0.15) is 13.8 Å². The highest BCUT2D eigenvalue weighted by Gasteiger charge is 2.43. The predicted octanol–water partition coefficient (Wildman–Crippen LogP) is -2.37. The van der Waals surface area contributed by atoms with Crippen LogP contribution in [0.5, 0.6) is 0 Å². The van der Waals surface area contributed by atoms with E-state index in [1.807, 2.05) is 0 Å². The number of carbonyl (C=O) groups is 1. The SMILES string of the molecule is C[C@@H]1OC(O[C@H](C)[C@H](N)C(=O)O)[C@@H](O)[C@H](O)[C@@H]1O. The molecule has 18 heavy (non-hydrogen) atoms. The van der Waals surface area contributed by atoms with Crippen molar-refractivity contribution in [3.63, 3.8) is 0 Å². The Morgan fingerprint density at radius 2 is 1.83 bits per heavy atom. The van der Waals surface area contributed by atoms with Gasteiger partial charge >= 0.3 is 5.97 Å². The first kappa shape index (κ1) is 15.3. The van der Waals surface area contributed by atoms with E-state index >= 15 is 0 Å². The minimum atomic E-state index is -1.47. The molecule has 8 nitrogen and oxygen atoms in total. The number of carboxylic acid groups (broad SMARTS) is 1. The molecule has 1 rings (SSSR count). The van der Waals surface area contributed by atoms with E-state index in [0.717, 1.165) is 0 Å². The highest BCUT2D eigenvalue weighted by atomic mass is 16.7. The maximum absolute atomic E-state index is 10.6. The van der Waals surface area contributed by atoms with Crippen molar-refractivity contribution in [1.29, 1.82) is 0 Å². The van der Waals surface area contributed by atoms with Gasteiger partial charge in [0.1, 0.15) is 24.4 Å². The topological polar surface area (TPSA) is 142 Å². The van der Waals surface area contributed by atoms with Gasteiger partial charge in [0.05, 0.1) is 12.2 Å². The summed E-state index contributed by atoms with van der Waals surface area (Å²) in [6, 6.07) is -1.28. The number of ether oxygens (including phenoxy) is 2. The second-order valence-electron chi connectivity index (χ2n) is 4.39. The number of aliphatic carboxylic acids is 1. The smallest absolute Gasteiger partial charge is 0.323 e. The highest BCUT2D eigenvalue weighted by Crippen LogP contribution is 2.23. The van der Waals surface area contributed by atoms with Gasteiger partial charge in [-0.3, -0.25) is 4.79 Å². The number of carboxylic acids is 1. The molecule has 6 N–H and O–H groups in total. The second kappa shape index (κ2) is 5.91. The molecule has 0 spiro atoms. The van der Waals surface area contributed by atoms with Gasteiger partial charge in [-0.2, -0.15) is 0 Å². The van der Waals surface area contributed by atoms with Crippen molar-refractivity contribution in [3.8, 4) is 0 Å². The van der Waals surface area contributed by atoms with Gasteiger partial charge in [-0.1, -0.05) is 0 Å². The fourth-order valence-corrected chi connectivity index (χ4v) is 1.62. The third-order valence-corrected chi connectivity index (χ3v) is 2.95. The second-order valence-corrected chi connectivity index (χ2v) is 4.39. The van der Waals surface area contributed by atoms with Crippen LogP contribution in [0.4, 0.5) is 0 Å². The summed E-state index contributed by atoms with van der Waals surface area (Å²) in [4.78, 5) is 10.6. The molecular weight excluding hydrogens is 246 g/mol. The first-order valence-electron chi connectivity index (χ1n) is 5.59. The standard InChI is InChI=1S/C10H19NO7/c1-3(5(11)9(15)16)17-10-8(14)7(13)6(12)4(2)18-10/h3-8,10,12-14H,11H2,1-2H3,(H,15,16)/t3-,4+,5+,6-,7-,8+,10?/m1/s1. The van der Waals surface area contributed by atoms with E-state index in [1.165, 1.54) is 13.8 Å². The largest absolute Gasteiger partial charge is 0.480 e. The van der Waals surface area contributed by atoms with Crippen molar-refractivity contribution in [3.05, 3.63) is 0 Å². The average Bonchev–Trinajstić information content (AvgIpc) is 2.32. The molecule has 1 fully saturated rings. The first-order valence-corrected chi connectivity index (χ1v) is 5.59. The minimum Gasteiger partial charge on any atom is -0.480 e. The molecule has 7 atom stereocenters. The van der Waals surface area contributed by atoms with Gasteiger partial charge in [-0.25, -0.2) is 0 Å². The Balaban J connectivity index is 2.64. The third-order valence-electron chi connectivity index (χ3n) is 2.95. The maximum atomic E-state index is 10.6. The molecule has 1 aliphatic rings. The van der Waals surface area contributed by atoms with E-state index in [4.69, 9.17) is 20.3 Å². The molecular formula is C10H19NO7. The van der Waals surface area contributed by atoms with Crippen LogP contribution in [-0.4, -0.2) is 69.2 Å². The van der Waals surface area contributed by atoms with Crippen molar-refractivity contribution in [1.82, 2.24) is 0 Å². The van der Waals surface area contributed by atoms with E-state index in [1.54, 1.807) is 0 Å². The number of aliphatic hydroxyl groups excluding tert-OH is 3. The van der Waals surface area contributed by atoms with Gasteiger partial charge in [0.2, 0.25) is 0 Å². The summed E-state index contributed by atoms with van der Waals surface area (Å²) in [5.41, 5.74) is 5.35. The molecule has 106 valence electrons. The summed E-state index contributed by atoms with van der Waals surface area (Å²) in [6.07, 6.45) is -7.04. The van der Waals surface area contributed by atoms with Crippen LogP contribution >= 0.6 is 0 Å². The van der Waals surface area contributed by atoms with Gasteiger partial charge in [0.15, 0.2) is 6.29 Å². The lowest BCUT2D eigenvalue weighted by Gasteiger charge is -2.40. The monoisotopic (exact) mass is 265 g/mol. The minimum absolute atomic E-state index is 0.748. The maximum Gasteiger partial charge on any atom is 0.323 e. The number of hydrogen-bond acceptors (Lipinski definition) is 7. The fraction of sp³-hybridized carbons (Fsp3) is 0.900. The summed E-state index contributed by atoms with van der Waals surface area (Å²) < 4.78 is 10.3. The molecule has 0 radical (unpaired) electrons. The van der Waals surface area contributed by atoms with E-state index < -0.39 is 48.8 Å². The highest BCUT2D eigenvalue weighted by molar-refractivity contribution is 5.73. The van der Waals surface area contributed by atoms with E-state index in [9.17, 15) is 20.1 Å². The summed E-state index contributed by atoms with van der Waals surface area (Å²) >= 11 is 0. The first-order chi connectivity index (χ1) is 8.25. The van der Waals surface area contributed by atoms with Crippen LogP contribution in [0.3, 0.4) is 0 Å². The zero-order valence-corrected chi connectivity index (χ0v) is 10.1. The predicted molar refractivity (Wildman–Crippen MR) is 58.5 cm³/mol. The van der Waals surface area contributed by atoms with E-state index in [-0.39, 0.29) is 0 Å². The van der Waals surface area contributed by atoms with Crippen molar-refractivity contribution >= 4 is 5.97 Å². The van der Waals surface area contributed by atoms with E-state index in [0.29, 0.717) is 0 Å². The van der Waals surface area contributed by atoms with Crippen molar-refractivity contribution in [2.45, 2.75) is 56.7 Å².